The van der Waals surface area contributed by atoms with Crippen LogP contribution in [0.15, 0.2) is 71.3 Å². The van der Waals surface area contributed by atoms with Crippen LogP contribution in [0.1, 0.15) is 35.7 Å². The van der Waals surface area contributed by atoms with Crippen molar-refractivity contribution >= 4 is 39.0 Å². The normalized spacial score (nSPS) is 10.6. The van der Waals surface area contributed by atoms with E-state index in [2.05, 4.69) is 45.4 Å². The van der Waals surface area contributed by atoms with E-state index < -0.39 is 0 Å². The average Bonchev–Trinajstić information content (AvgIpc) is 2.64. The molecule has 132 valence electrons. The molecule has 0 spiro atoms. The summed E-state index contributed by atoms with van der Waals surface area (Å²) in [6, 6.07) is 19.1. The maximum Gasteiger partial charge on any atom is 0.259 e. The van der Waals surface area contributed by atoms with Crippen LogP contribution in [-0.2, 0) is 0 Å². The fourth-order valence-corrected chi connectivity index (χ4v) is 2.91. The molecule has 0 fully saturated rings. The summed E-state index contributed by atoms with van der Waals surface area (Å²) in [4.78, 5) is 17.0. The standard InChI is InChI=1S/C21H20BrN3O/c1-14(2)15-9-11-16(12-10-15)24-21(26)17-6-5-13-23-20(17)25-19-8-4-3-7-18(19)22/h3-14H,1-2H3,(H,23,25)(H,24,26). The van der Waals surface area contributed by atoms with Gasteiger partial charge in [0.25, 0.3) is 5.91 Å². The van der Waals surface area contributed by atoms with Gasteiger partial charge in [0.05, 0.1) is 11.3 Å². The number of pyridine rings is 1. The molecular formula is C21H20BrN3O. The molecule has 0 saturated heterocycles. The summed E-state index contributed by atoms with van der Waals surface area (Å²) in [7, 11) is 0. The molecule has 3 rings (SSSR count). The van der Waals surface area contributed by atoms with Gasteiger partial charge in [-0.15, -0.1) is 0 Å². The SMILES string of the molecule is CC(C)c1ccc(NC(=O)c2cccnc2Nc2ccccc2Br)cc1. The summed E-state index contributed by atoms with van der Waals surface area (Å²) in [5.41, 5.74) is 3.33. The zero-order valence-electron chi connectivity index (χ0n) is 14.7. The number of amides is 1. The number of para-hydroxylation sites is 1. The third-order valence-electron chi connectivity index (χ3n) is 4.01. The first-order chi connectivity index (χ1) is 12.5. The number of carbonyl (C=O) groups is 1. The quantitative estimate of drug-likeness (QED) is 0.546. The van der Waals surface area contributed by atoms with Crippen molar-refractivity contribution in [3.63, 3.8) is 0 Å². The van der Waals surface area contributed by atoms with Gasteiger partial charge in [-0.2, -0.15) is 0 Å². The number of hydrogen-bond donors (Lipinski definition) is 2. The number of hydrogen-bond acceptors (Lipinski definition) is 3. The molecule has 0 saturated carbocycles. The van der Waals surface area contributed by atoms with E-state index in [1.807, 2.05) is 48.5 Å². The van der Waals surface area contributed by atoms with Crippen molar-refractivity contribution in [2.24, 2.45) is 0 Å². The first kappa shape index (κ1) is 18.1. The molecule has 4 nitrogen and oxygen atoms in total. The molecule has 3 aromatic rings. The number of carbonyl (C=O) groups excluding carboxylic acids is 1. The first-order valence-electron chi connectivity index (χ1n) is 8.42. The van der Waals surface area contributed by atoms with Crippen molar-refractivity contribution in [2.75, 3.05) is 10.6 Å². The first-order valence-corrected chi connectivity index (χ1v) is 9.22. The summed E-state index contributed by atoms with van der Waals surface area (Å²) in [5, 5.41) is 6.15. The molecule has 1 heterocycles. The topological polar surface area (TPSA) is 54.0 Å². The Hall–Kier alpha value is -2.66. The van der Waals surface area contributed by atoms with Crippen molar-refractivity contribution in [1.82, 2.24) is 4.98 Å². The zero-order valence-corrected chi connectivity index (χ0v) is 16.2. The van der Waals surface area contributed by atoms with Crippen LogP contribution in [0.25, 0.3) is 0 Å². The molecule has 0 aliphatic carbocycles. The second-order valence-corrected chi connectivity index (χ2v) is 7.09. The summed E-state index contributed by atoms with van der Waals surface area (Å²) in [5.74, 6) is 0.763. The molecule has 2 aromatic carbocycles. The Bertz CT molecular complexity index is 907. The Morgan fingerprint density at radius 3 is 2.42 bits per heavy atom. The van der Waals surface area contributed by atoms with Gasteiger partial charge in [-0.1, -0.05) is 38.1 Å². The number of nitrogens with zero attached hydrogens (tertiary/aromatic N) is 1. The number of benzene rings is 2. The molecule has 0 unspecified atom stereocenters. The summed E-state index contributed by atoms with van der Waals surface area (Å²) < 4.78 is 0.904. The molecule has 1 aromatic heterocycles. The van der Waals surface area contributed by atoms with Crippen molar-refractivity contribution in [3.05, 3.63) is 82.5 Å². The molecule has 0 bridgehead atoms. The maximum atomic E-state index is 12.7. The smallest absolute Gasteiger partial charge is 0.259 e. The van der Waals surface area contributed by atoms with Gasteiger partial charge in [-0.3, -0.25) is 4.79 Å². The number of nitrogens with one attached hydrogen (secondary N) is 2. The Morgan fingerprint density at radius 2 is 1.73 bits per heavy atom. The van der Waals surface area contributed by atoms with E-state index >= 15 is 0 Å². The van der Waals surface area contributed by atoms with E-state index in [4.69, 9.17) is 0 Å². The Labute approximate surface area is 161 Å². The number of anilines is 3. The molecule has 5 heteroatoms. The van der Waals surface area contributed by atoms with Gasteiger partial charge >= 0.3 is 0 Å². The molecule has 26 heavy (non-hydrogen) atoms. The summed E-state index contributed by atoms with van der Waals surface area (Å²) in [6.45, 7) is 4.28. The minimum absolute atomic E-state index is 0.204. The lowest BCUT2D eigenvalue weighted by Gasteiger charge is -2.13. The highest BCUT2D eigenvalue weighted by atomic mass is 79.9. The van der Waals surface area contributed by atoms with E-state index in [9.17, 15) is 4.79 Å². The molecular weight excluding hydrogens is 390 g/mol. The number of halogens is 1. The van der Waals surface area contributed by atoms with Crippen LogP contribution in [0.4, 0.5) is 17.2 Å². The summed E-state index contributed by atoms with van der Waals surface area (Å²) >= 11 is 3.50. The predicted molar refractivity (Wildman–Crippen MR) is 110 cm³/mol. The molecule has 0 atom stereocenters. The predicted octanol–water partition coefficient (Wildman–Crippen LogP) is 5.96. The van der Waals surface area contributed by atoms with Gasteiger partial charge < -0.3 is 10.6 Å². The zero-order chi connectivity index (χ0) is 18.5. The van der Waals surface area contributed by atoms with E-state index in [-0.39, 0.29) is 5.91 Å². The lowest BCUT2D eigenvalue weighted by Crippen LogP contribution is -2.14. The van der Waals surface area contributed by atoms with Crippen LogP contribution in [-0.4, -0.2) is 10.9 Å². The monoisotopic (exact) mass is 409 g/mol. The van der Waals surface area contributed by atoms with E-state index in [0.717, 1.165) is 15.8 Å². The highest BCUT2D eigenvalue weighted by Crippen LogP contribution is 2.26. The molecule has 1 amide bonds. The molecule has 2 N–H and O–H groups in total. The van der Waals surface area contributed by atoms with E-state index in [0.29, 0.717) is 17.3 Å². The van der Waals surface area contributed by atoms with Crippen molar-refractivity contribution in [1.29, 1.82) is 0 Å². The van der Waals surface area contributed by atoms with Crippen LogP contribution in [0.3, 0.4) is 0 Å². The van der Waals surface area contributed by atoms with Crippen molar-refractivity contribution in [2.45, 2.75) is 19.8 Å². The van der Waals surface area contributed by atoms with Crippen LogP contribution in [0.5, 0.6) is 0 Å². The van der Waals surface area contributed by atoms with Gasteiger partial charge in [0, 0.05) is 16.4 Å². The van der Waals surface area contributed by atoms with Crippen molar-refractivity contribution < 1.29 is 4.79 Å². The highest BCUT2D eigenvalue weighted by molar-refractivity contribution is 9.10. The molecule has 0 aliphatic rings. The Balaban J connectivity index is 1.80. The lowest BCUT2D eigenvalue weighted by molar-refractivity contribution is 0.102. The fourth-order valence-electron chi connectivity index (χ4n) is 2.53. The fraction of sp³-hybridized carbons (Fsp3) is 0.143. The molecule has 0 radical (unpaired) electrons. The van der Waals surface area contributed by atoms with Gasteiger partial charge in [-0.25, -0.2) is 4.98 Å². The van der Waals surface area contributed by atoms with Crippen LogP contribution >= 0.6 is 15.9 Å². The maximum absolute atomic E-state index is 12.7. The van der Waals surface area contributed by atoms with Gasteiger partial charge in [0.15, 0.2) is 0 Å². The van der Waals surface area contributed by atoms with E-state index in [1.165, 1.54) is 5.56 Å². The van der Waals surface area contributed by atoms with Crippen LogP contribution in [0, 0.1) is 0 Å². The Kier molecular flexibility index (Phi) is 5.68. The number of aromatic nitrogens is 1. The third-order valence-corrected chi connectivity index (χ3v) is 4.71. The van der Waals surface area contributed by atoms with Gasteiger partial charge in [0.1, 0.15) is 5.82 Å². The third kappa shape index (κ3) is 4.29. The van der Waals surface area contributed by atoms with Crippen LogP contribution in [0.2, 0.25) is 0 Å². The minimum Gasteiger partial charge on any atom is -0.339 e. The van der Waals surface area contributed by atoms with Crippen molar-refractivity contribution in [3.8, 4) is 0 Å². The molecule has 0 aliphatic heterocycles. The second kappa shape index (κ2) is 8.15. The minimum atomic E-state index is -0.204. The lowest BCUT2D eigenvalue weighted by atomic mass is 10.0. The number of rotatable bonds is 5. The average molecular weight is 410 g/mol. The Morgan fingerprint density at radius 1 is 1.00 bits per heavy atom. The van der Waals surface area contributed by atoms with Gasteiger partial charge in [-0.05, 0) is 63.8 Å². The second-order valence-electron chi connectivity index (χ2n) is 6.24. The largest absolute Gasteiger partial charge is 0.339 e. The van der Waals surface area contributed by atoms with E-state index in [1.54, 1.807) is 18.3 Å². The highest BCUT2D eigenvalue weighted by Gasteiger charge is 2.13. The summed E-state index contributed by atoms with van der Waals surface area (Å²) in [6.07, 6.45) is 1.66. The van der Waals surface area contributed by atoms with Gasteiger partial charge in [0.2, 0.25) is 0 Å². The van der Waals surface area contributed by atoms with Crippen LogP contribution < -0.4 is 10.6 Å².